The predicted molar refractivity (Wildman–Crippen MR) is 127 cm³/mol. The molecule has 0 aromatic heterocycles. The molecule has 3 aromatic carbocycles. The summed E-state index contributed by atoms with van der Waals surface area (Å²) >= 11 is 0. The average molecular weight is 486 g/mol. The number of amides is 1. The van der Waals surface area contributed by atoms with Gasteiger partial charge in [0.1, 0.15) is 12.7 Å². The lowest BCUT2D eigenvalue weighted by Crippen LogP contribution is -2.35. The Morgan fingerprint density at radius 3 is 2.24 bits per heavy atom. The normalized spacial score (nSPS) is 12.0. The molecule has 0 bridgehead atoms. The second-order valence-electron chi connectivity index (χ2n) is 7.44. The van der Waals surface area contributed by atoms with E-state index in [-0.39, 0.29) is 23.8 Å². The molecule has 0 saturated carbocycles. The van der Waals surface area contributed by atoms with Crippen LogP contribution in [0.4, 0.5) is 0 Å². The number of rotatable bonds is 11. The highest BCUT2D eigenvalue weighted by Gasteiger charge is 2.17. The quantitative estimate of drug-likeness (QED) is 0.430. The summed E-state index contributed by atoms with van der Waals surface area (Å²) in [6.45, 7) is -0.171. The van der Waals surface area contributed by atoms with E-state index in [1.54, 1.807) is 54.6 Å². The SMILES string of the molecule is COc1cccc(OC)c1OCC(O)CNC(=O)c1cccc(CS(=O)(=O)c2ccccc2)c1. The molecular formula is C25H27NO7S. The van der Waals surface area contributed by atoms with Crippen LogP contribution in [0.25, 0.3) is 0 Å². The number of carbonyl (C=O) groups is 1. The van der Waals surface area contributed by atoms with Gasteiger partial charge in [0.25, 0.3) is 5.91 Å². The smallest absolute Gasteiger partial charge is 0.251 e. The van der Waals surface area contributed by atoms with Crippen LogP contribution in [-0.2, 0) is 15.6 Å². The molecule has 2 N–H and O–H groups in total. The second-order valence-corrected chi connectivity index (χ2v) is 9.43. The van der Waals surface area contributed by atoms with Crippen molar-refractivity contribution in [1.82, 2.24) is 5.32 Å². The third kappa shape index (κ3) is 6.49. The summed E-state index contributed by atoms with van der Waals surface area (Å²) in [4.78, 5) is 12.8. The highest BCUT2D eigenvalue weighted by molar-refractivity contribution is 7.90. The van der Waals surface area contributed by atoms with E-state index in [0.717, 1.165) is 0 Å². The van der Waals surface area contributed by atoms with Crippen LogP contribution in [0.1, 0.15) is 15.9 Å². The molecule has 0 fully saturated rings. The number of ether oxygens (including phenoxy) is 3. The fourth-order valence-electron chi connectivity index (χ4n) is 3.24. The molecule has 1 amide bonds. The number of hydrogen-bond acceptors (Lipinski definition) is 7. The maximum absolute atomic E-state index is 12.6. The minimum Gasteiger partial charge on any atom is -0.493 e. The molecule has 180 valence electrons. The van der Waals surface area contributed by atoms with Crippen molar-refractivity contribution in [3.05, 3.63) is 83.9 Å². The Morgan fingerprint density at radius 2 is 1.59 bits per heavy atom. The molecule has 1 unspecified atom stereocenters. The lowest BCUT2D eigenvalue weighted by atomic mass is 10.1. The van der Waals surface area contributed by atoms with E-state index in [1.165, 1.54) is 32.4 Å². The van der Waals surface area contributed by atoms with E-state index in [4.69, 9.17) is 14.2 Å². The van der Waals surface area contributed by atoms with Crippen molar-refractivity contribution in [3.8, 4) is 17.2 Å². The average Bonchev–Trinajstić information content (AvgIpc) is 2.86. The molecule has 34 heavy (non-hydrogen) atoms. The van der Waals surface area contributed by atoms with Crippen LogP contribution in [0.15, 0.2) is 77.7 Å². The number of aliphatic hydroxyl groups excluding tert-OH is 1. The Bertz CT molecular complexity index is 1190. The third-order valence-corrected chi connectivity index (χ3v) is 6.65. The maximum Gasteiger partial charge on any atom is 0.251 e. The van der Waals surface area contributed by atoms with Crippen LogP contribution in [0, 0.1) is 0 Å². The van der Waals surface area contributed by atoms with Gasteiger partial charge < -0.3 is 24.6 Å². The van der Waals surface area contributed by atoms with Gasteiger partial charge in [0.2, 0.25) is 5.75 Å². The van der Waals surface area contributed by atoms with Gasteiger partial charge in [0.05, 0.1) is 24.9 Å². The van der Waals surface area contributed by atoms with Crippen LogP contribution in [0.2, 0.25) is 0 Å². The lowest BCUT2D eigenvalue weighted by Gasteiger charge is -2.17. The van der Waals surface area contributed by atoms with E-state index in [9.17, 15) is 18.3 Å². The molecule has 0 aliphatic heterocycles. The van der Waals surface area contributed by atoms with Crippen molar-refractivity contribution < 1.29 is 32.5 Å². The molecule has 0 radical (unpaired) electrons. The molecular weight excluding hydrogens is 458 g/mol. The standard InChI is InChI=1S/C25H27NO7S/c1-31-22-12-7-13-23(32-2)24(22)33-16-20(27)15-26-25(28)19-9-6-8-18(14-19)17-34(29,30)21-10-4-3-5-11-21/h3-14,20,27H,15-17H2,1-2H3,(H,26,28). The van der Waals surface area contributed by atoms with Gasteiger partial charge in [-0.1, -0.05) is 36.4 Å². The number of nitrogens with one attached hydrogen (secondary N) is 1. The fraction of sp³-hybridized carbons (Fsp3) is 0.240. The van der Waals surface area contributed by atoms with Gasteiger partial charge in [0, 0.05) is 12.1 Å². The topological polar surface area (TPSA) is 111 Å². The number of hydrogen-bond donors (Lipinski definition) is 2. The first-order valence-corrected chi connectivity index (χ1v) is 12.2. The van der Waals surface area contributed by atoms with Gasteiger partial charge in [-0.2, -0.15) is 0 Å². The summed E-state index contributed by atoms with van der Waals surface area (Å²) in [5, 5.41) is 12.9. The first kappa shape index (κ1) is 25.1. The van der Waals surface area contributed by atoms with Crippen LogP contribution >= 0.6 is 0 Å². The van der Waals surface area contributed by atoms with E-state index >= 15 is 0 Å². The van der Waals surface area contributed by atoms with E-state index in [0.29, 0.717) is 28.4 Å². The number of para-hydroxylation sites is 1. The fourth-order valence-corrected chi connectivity index (χ4v) is 4.60. The molecule has 1 atom stereocenters. The van der Waals surface area contributed by atoms with Gasteiger partial charge in [-0.25, -0.2) is 8.42 Å². The molecule has 0 saturated heterocycles. The van der Waals surface area contributed by atoms with E-state index < -0.39 is 21.8 Å². The Kier molecular flexibility index (Phi) is 8.50. The Morgan fingerprint density at radius 1 is 0.941 bits per heavy atom. The van der Waals surface area contributed by atoms with Crippen LogP contribution in [-0.4, -0.2) is 52.9 Å². The maximum atomic E-state index is 12.6. The largest absolute Gasteiger partial charge is 0.493 e. The van der Waals surface area contributed by atoms with Gasteiger partial charge >= 0.3 is 0 Å². The van der Waals surface area contributed by atoms with E-state index in [1.807, 2.05) is 0 Å². The zero-order valence-corrected chi connectivity index (χ0v) is 19.7. The molecule has 3 aromatic rings. The summed E-state index contributed by atoms with van der Waals surface area (Å²) in [5.41, 5.74) is 0.781. The van der Waals surface area contributed by atoms with Crippen molar-refractivity contribution in [3.63, 3.8) is 0 Å². The molecule has 0 aliphatic carbocycles. The number of sulfone groups is 1. The minimum atomic E-state index is -3.54. The number of aliphatic hydroxyl groups is 1. The van der Waals surface area contributed by atoms with Crippen molar-refractivity contribution in [2.24, 2.45) is 0 Å². The minimum absolute atomic E-state index is 0.0666. The van der Waals surface area contributed by atoms with E-state index in [2.05, 4.69) is 5.32 Å². The van der Waals surface area contributed by atoms with Gasteiger partial charge in [-0.05, 0) is 42.0 Å². The predicted octanol–water partition coefficient (Wildman–Crippen LogP) is 2.85. The molecule has 3 rings (SSSR count). The molecule has 9 heteroatoms. The van der Waals surface area contributed by atoms with Crippen molar-refractivity contribution in [1.29, 1.82) is 0 Å². The summed E-state index contributed by atoms with van der Waals surface area (Å²) in [7, 11) is -0.540. The van der Waals surface area contributed by atoms with Gasteiger partial charge in [0.15, 0.2) is 21.3 Å². The zero-order chi connectivity index (χ0) is 24.6. The molecule has 8 nitrogen and oxygen atoms in total. The van der Waals surface area contributed by atoms with Crippen LogP contribution in [0.5, 0.6) is 17.2 Å². The number of benzene rings is 3. The Labute approximate surface area is 199 Å². The second kappa shape index (κ2) is 11.5. The number of carbonyl (C=O) groups excluding carboxylic acids is 1. The summed E-state index contributed by atoms with van der Waals surface area (Å²) in [6.07, 6.45) is -1.000. The Balaban J connectivity index is 1.57. The third-order valence-electron chi connectivity index (χ3n) is 4.95. The van der Waals surface area contributed by atoms with Crippen LogP contribution < -0.4 is 19.5 Å². The Hall–Kier alpha value is -3.56. The summed E-state index contributed by atoms with van der Waals surface area (Å²) in [5.74, 6) is 0.601. The molecule has 0 spiro atoms. The highest BCUT2D eigenvalue weighted by Crippen LogP contribution is 2.36. The van der Waals surface area contributed by atoms with Crippen molar-refractivity contribution >= 4 is 15.7 Å². The van der Waals surface area contributed by atoms with Crippen molar-refractivity contribution in [2.45, 2.75) is 16.8 Å². The lowest BCUT2D eigenvalue weighted by molar-refractivity contribution is 0.0833. The first-order chi connectivity index (χ1) is 16.3. The molecule has 0 heterocycles. The number of methoxy groups -OCH3 is 2. The molecule has 0 aliphatic rings. The van der Waals surface area contributed by atoms with Crippen molar-refractivity contribution in [2.75, 3.05) is 27.4 Å². The van der Waals surface area contributed by atoms with Crippen LogP contribution in [0.3, 0.4) is 0 Å². The van der Waals surface area contributed by atoms with Gasteiger partial charge in [-0.15, -0.1) is 0 Å². The first-order valence-electron chi connectivity index (χ1n) is 10.5. The highest BCUT2D eigenvalue weighted by atomic mass is 32.2. The monoisotopic (exact) mass is 485 g/mol. The zero-order valence-electron chi connectivity index (χ0n) is 18.9. The summed E-state index contributed by atoms with van der Waals surface area (Å²) in [6, 6.07) is 19.7. The van der Waals surface area contributed by atoms with Gasteiger partial charge in [-0.3, -0.25) is 4.79 Å². The summed E-state index contributed by atoms with van der Waals surface area (Å²) < 4.78 is 41.4.